The molecular formula is C26H30BN5O10. The van der Waals surface area contributed by atoms with Crippen molar-refractivity contribution in [3.8, 4) is 17.2 Å². The van der Waals surface area contributed by atoms with Crippen LogP contribution in [0.4, 0.5) is 4.79 Å². The van der Waals surface area contributed by atoms with Gasteiger partial charge in [-0.2, -0.15) is 0 Å². The van der Waals surface area contributed by atoms with Crippen LogP contribution < -0.4 is 25.8 Å². The molecule has 7 N–H and O–H groups in total. The molecule has 2 aliphatic heterocycles. The molecule has 0 spiro atoms. The quantitative estimate of drug-likeness (QED) is 0.155. The van der Waals surface area contributed by atoms with E-state index in [-0.39, 0.29) is 67.6 Å². The largest absolute Gasteiger partial charge is 0.547 e. The second-order valence-corrected chi connectivity index (χ2v) is 9.52. The molecule has 0 aliphatic carbocycles. The van der Waals surface area contributed by atoms with Crippen molar-refractivity contribution >= 4 is 36.8 Å². The molecular weight excluding hydrogens is 553 g/mol. The highest BCUT2D eigenvalue weighted by atomic mass is 16.5. The molecule has 2 heterocycles. The summed E-state index contributed by atoms with van der Waals surface area (Å²) < 4.78 is 10.9. The maximum Gasteiger partial charge on any atom is 0.547 e. The van der Waals surface area contributed by atoms with E-state index in [1.165, 1.54) is 35.2 Å². The average molecular weight is 583 g/mol. The average Bonchev–Trinajstić information content (AvgIpc) is 2.96. The fraction of sp³-hybridized carbons (Fsp3) is 0.346. The van der Waals surface area contributed by atoms with Gasteiger partial charge in [0.15, 0.2) is 11.5 Å². The van der Waals surface area contributed by atoms with Crippen molar-refractivity contribution in [3.63, 3.8) is 0 Å². The summed E-state index contributed by atoms with van der Waals surface area (Å²) in [5, 5.41) is 35.3. The lowest BCUT2D eigenvalue weighted by Gasteiger charge is -2.33. The molecule has 2 aliphatic rings. The summed E-state index contributed by atoms with van der Waals surface area (Å²) in [5.74, 6) is -5.37. The van der Waals surface area contributed by atoms with E-state index in [1.807, 2.05) is 0 Å². The number of para-hydroxylation sites is 1. The molecule has 42 heavy (non-hydrogen) atoms. The molecule has 222 valence electrons. The standard InChI is InChI=1S/C26H30BN5O10/c1-2-31-9-10-32(24(36)23(31)35)26(39)30-20(14-6-7-17(33)18(12-14)41-11-8-28)22(34)29-19-13-15-4-3-5-16(25(37)38)21(15)42-27(19)40/h3-7,12,19-20,33,40H,2,8-11,13,28H2,1H3,(H,29,34)(H,30,39)(H,37,38)/t19-,20?/m0/s1. The highest BCUT2D eigenvalue weighted by molar-refractivity contribution is 6.47. The number of phenols is 1. The number of amides is 5. The lowest BCUT2D eigenvalue weighted by atomic mass is 9.72. The fourth-order valence-corrected chi connectivity index (χ4v) is 4.65. The lowest BCUT2D eigenvalue weighted by molar-refractivity contribution is -0.153. The van der Waals surface area contributed by atoms with Crippen LogP contribution in [0, 0.1) is 0 Å². The number of urea groups is 1. The first-order chi connectivity index (χ1) is 20.0. The van der Waals surface area contributed by atoms with Gasteiger partial charge in [-0.1, -0.05) is 18.2 Å². The summed E-state index contributed by atoms with van der Waals surface area (Å²) in [6.07, 6.45) is -0.00354. The number of benzene rings is 2. The molecule has 0 aromatic heterocycles. The second kappa shape index (κ2) is 12.8. The molecule has 0 radical (unpaired) electrons. The van der Waals surface area contributed by atoms with Gasteiger partial charge in [0.05, 0.1) is 11.5 Å². The van der Waals surface area contributed by atoms with Crippen LogP contribution in [0.1, 0.15) is 34.5 Å². The number of ether oxygens (including phenoxy) is 1. The van der Waals surface area contributed by atoms with Crippen LogP contribution in [-0.4, -0.2) is 101 Å². The Hall–Kier alpha value is -4.83. The van der Waals surface area contributed by atoms with Crippen molar-refractivity contribution in [3.05, 3.63) is 53.1 Å². The first-order valence-corrected chi connectivity index (χ1v) is 13.1. The van der Waals surface area contributed by atoms with E-state index in [0.717, 1.165) is 0 Å². The molecule has 2 aromatic carbocycles. The van der Waals surface area contributed by atoms with Crippen LogP contribution in [0.2, 0.25) is 0 Å². The number of nitrogens with two attached hydrogens (primary N) is 1. The third-order valence-electron chi connectivity index (χ3n) is 6.84. The summed E-state index contributed by atoms with van der Waals surface area (Å²) >= 11 is 0. The molecule has 4 rings (SSSR count). The monoisotopic (exact) mass is 583 g/mol. The predicted octanol–water partition coefficient (Wildman–Crippen LogP) is -0.991. The van der Waals surface area contributed by atoms with E-state index in [4.69, 9.17) is 15.1 Å². The second-order valence-electron chi connectivity index (χ2n) is 9.52. The first kappa shape index (κ1) is 30.1. The van der Waals surface area contributed by atoms with Gasteiger partial charge in [-0.3, -0.25) is 19.3 Å². The number of hydrogen-bond acceptors (Lipinski definition) is 10. The van der Waals surface area contributed by atoms with Gasteiger partial charge in [0.2, 0.25) is 5.91 Å². The molecule has 0 bridgehead atoms. The minimum absolute atomic E-state index is 0.00354. The number of carbonyl (C=O) groups excluding carboxylic acids is 4. The number of likely N-dealkylation sites (N-methyl/N-ethyl adjacent to an activating group) is 1. The molecule has 2 atom stereocenters. The zero-order valence-corrected chi connectivity index (χ0v) is 22.6. The van der Waals surface area contributed by atoms with Crippen molar-refractivity contribution in [2.24, 2.45) is 5.73 Å². The lowest BCUT2D eigenvalue weighted by Crippen LogP contribution is -2.60. The van der Waals surface area contributed by atoms with Gasteiger partial charge in [0, 0.05) is 26.2 Å². The van der Waals surface area contributed by atoms with Crippen molar-refractivity contribution in [2.45, 2.75) is 25.3 Å². The van der Waals surface area contributed by atoms with E-state index in [2.05, 4.69) is 10.6 Å². The Morgan fingerprint density at radius 2 is 1.95 bits per heavy atom. The number of nitrogens with zero attached hydrogens (tertiary/aromatic N) is 2. The topological polar surface area (TPSA) is 221 Å². The van der Waals surface area contributed by atoms with Gasteiger partial charge in [0.1, 0.15) is 18.4 Å². The van der Waals surface area contributed by atoms with Crippen molar-refractivity contribution in [1.82, 2.24) is 20.4 Å². The Morgan fingerprint density at radius 1 is 1.19 bits per heavy atom. The number of fused-ring (bicyclic) bond motifs is 1. The summed E-state index contributed by atoms with van der Waals surface area (Å²) in [7, 11) is -1.64. The van der Waals surface area contributed by atoms with Gasteiger partial charge >= 0.3 is 30.9 Å². The van der Waals surface area contributed by atoms with E-state index in [1.54, 1.807) is 13.0 Å². The van der Waals surface area contributed by atoms with E-state index < -0.39 is 48.8 Å². The molecule has 2 aromatic rings. The fourth-order valence-electron chi connectivity index (χ4n) is 4.65. The Morgan fingerprint density at radius 3 is 2.64 bits per heavy atom. The zero-order valence-electron chi connectivity index (χ0n) is 22.6. The summed E-state index contributed by atoms with van der Waals surface area (Å²) in [5.41, 5.74) is 5.88. The number of nitrogens with one attached hydrogen (secondary N) is 2. The number of hydrogen-bond donors (Lipinski definition) is 6. The minimum Gasteiger partial charge on any atom is -0.534 e. The Kier molecular flexibility index (Phi) is 9.17. The molecule has 0 saturated carbocycles. The van der Waals surface area contributed by atoms with Crippen LogP contribution >= 0.6 is 0 Å². The van der Waals surface area contributed by atoms with Crippen LogP contribution in [0.25, 0.3) is 0 Å². The number of aromatic hydroxyl groups is 1. The maximum atomic E-state index is 13.6. The zero-order chi connectivity index (χ0) is 30.6. The SMILES string of the molecule is CCN1CCN(C(=O)NC(C(=O)N[C@H]2Cc3cccc(C(=O)O)c3OB2O)c2ccc(O)c(OCCN)c2)C(=O)C1=O. The van der Waals surface area contributed by atoms with Gasteiger partial charge in [-0.05, 0) is 42.7 Å². The Labute approximate surface area is 240 Å². The maximum absolute atomic E-state index is 13.6. The summed E-state index contributed by atoms with van der Waals surface area (Å²) in [6, 6.07) is 5.79. The van der Waals surface area contributed by atoms with Crippen LogP contribution in [0.5, 0.6) is 17.2 Å². The molecule has 16 heteroatoms. The van der Waals surface area contributed by atoms with E-state index >= 15 is 0 Å². The number of piperazine rings is 1. The molecule has 1 unspecified atom stereocenters. The summed E-state index contributed by atoms with van der Waals surface area (Å²) in [4.78, 5) is 65.3. The van der Waals surface area contributed by atoms with Gasteiger partial charge in [-0.15, -0.1) is 0 Å². The highest BCUT2D eigenvalue weighted by Crippen LogP contribution is 2.32. The van der Waals surface area contributed by atoms with Gasteiger partial charge in [-0.25, -0.2) is 9.59 Å². The van der Waals surface area contributed by atoms with Crippen molar-refractivity contribution in [1.29, 1.82) is 0 Å². The number of carboxylic acid groups (broad SMARTS) is 1. The normalized spacial score (nSPS) is 17.2. The highest BCUT2D eigenvalue weighted by Gasteiger charge is 2.41. The van der Waals surface area contributed by atoms with Crippen molar-refractivity contribution < 1.29 is 48.6 Å². The van der Waals surface area contributed by atoms with Gasteiger partial charge < -0.3 is 45.9 Å². The summed E-state index contributed by atoms with van der Waals surface area (Å²) in [6.45, 7) is 2.17. The predicted molar refractivity (Wildman–Crippen MR) is 146 cm³/mol. The number of carbonyl (C=O) groups is 5. The first-order valence-electron chi connectivity index (χ1n) is 13.1. The number of imide groups is 1. The van der Waals surface area contributed by atoms with Gasteiger partial charge in [0.25, 0.3) is 0 Å². The number of rotatable bonds is 9. The van der Waals surface area contributed by atoms with Crippen LogP contribution in [-0.2, 0) is 20.8 Å². The van der Waals surface area contributed by atoms with Crippen LogP contribution in [0.15, 0.2) is 36.4 Å². The molecule has 1 fully saturated rings. The van der Waals surface area contributed by atoms with E-state index in [9.17, 15) is 39.2 Å². The Bertz CT molecular complexity index is 1410. The Balaban J connectivity index is 1.61. The third kappa shape index (κ3) is 6.23. The number of phenolic OH excluding ortho intramolecular Hbond substituents is 1. The smallest absolute Gasteiger partial charge is 0.534 e. The van der Waals surface area contributed by atoms with Crippen LogP contribution in [0.3, 0.4) is 0 Å². The number of carboxylic acids is 1. The number of aromatic carboxylic acids is 1. The third-order valence-corrected chi connectivity index (χ3v) is 6.84. The molecule has 1 saturated heterocycles. The minimum atomic E-state index is -1.64. The molecule has 5 amide bonds. The molecule has 15 nitrogen and oxygen atoms in total. The van der Waals surface area contributed by atoms with Crippen molar-refractivity contribution in [2.75, 3.05) is 32.8 Å². The van der Waals surface area contributed by atoms with E-state index in [0.29, 0.717) is 10.5 Å².